The fourth-order valence-corrected chi connectivity index (χ4v) is 3.92. The summed E-state index contributed by atoms with van der Waals surface area (Å²) < 4.78 is 33.2. The van der Waals surface area contributed by atoms with Gasteiger partial charge in [-0.05, 0) is 26.0 Å². The molecule has 0 saturated carbocycles. The summed E-state index contributed by atoms with van der Waals surface area (Å²) in [6.07, 6.45) is -7.25. The lowest BCUT2D eigenvalue weighted by atomic mass is 9.98. The molecule has 2 aromatic heterocycles. The molecule has 3 heterocycles. The highest BCUT2D eigenvalue weighted by Gasteiger charge is 2.47. The first-order valence-electron chi connectivity index (χ1n) is 10.9. The summed E-state index contributed by atoms with van der Waals surface area (Å²) in [4.78, 5) is 11.8. The number of benzene rings is 1. The maximum atomic E-state index is 11.8. The molecule has 0 spiro atoms. The van der Waals surface area contributed by atoms with Gasteiger partial charge in [0.25, 0.3) is 0 Å². The van der Waals surface area contributed by atoms with Crippen LogP contribution in [0.3, 0.4) is 0 Å². The van der Waals surface area contributed by atoms with Gasteiger partial charge in [0.15, 0.2) is 17.5 Å². The lowest BCUT2D eigenvalue weighted by Crippen LogP contribution is -2.61. The number of furan rings is 1. The minimum Gasteiger partial charge on any atom is -0.490 e. The molecule has 12 nitrogen and oxygen atoms in total. The Kier molecular flexibility index (Phi) is 7.06. The van der Waals surface area contributed by atoms with E-state index in [1.807, 2.05) is 0 Å². The van der Waals surface area contributed by atoms with Crippen molar-refractivity contribution >= 4 is 21.9 Å². The Bertz CT molecular complexity index is 1230. The number of fused-ring (bicyclic) bond motifs is 2. The standard InChI is InChI=1S/C23H28O12/c1-23(2,35-22-17(29)16(28)15(27)12(8-24)33-22)13(25)9-32-18-10-4-5-14(26)34-20(10)21(30-3)19-11(18)6-7-31-19/h4-7,12-13,15-17,22,24-25,27-29H,8-9H2,1-3H3. The Morgan fingerprint density at radius 3 is 2.43 bits per heavy atom. The summed E-state index contributed by atoms with van der Waals surface area (Å²) >= 11 is 0. The Morgan fingerprint density at radius 2 is 1.74 bits per heavy atom. The van der Waals surface area contributed by atoms with Crippen LogP contribution in [0.5, 0.6) is 11.5 Å². The van der Waals surface area contributed by atoms with Crippen LogP contribution in [-0.2, 0) is 9.47 Å². The normalized spacial score (nSPS) is 26.2. The number of hydrogen-bond acceptors (Lipinski definition) is 12. The molecule has 0 bridgehead atoms. The van der Waals surface area contributed by atoms with E-state index < -0.39 is 54.6 Å². The van der Waals surface area contributed by atoms with Gasteiger partial charge in [-0.25, -0.2) is 4.79 Å². The van der Waals surface area contributed by atoms with Gasteiger partial charge < -0.3 is 53.3 Å². The predicted octanol–water partition coefficient (Wildman–Crippen LogP) is -0.117. The summed E-state index contributed by atoms with van der Waals surface area (Å²) in [5.41, 5.74) is -1.57. The number of ether oxygens (including phenoxy) is 4. The number of methoxy groups -OCH3 is 1. The van der Waals surface area contributed by atoms with Crippen molar-refractivity contribution in [2.45, 2.75) is 56.3 Å². The highest BCUT2D eigenvalue weighted by Crippen LogP contribution is 2.43. The molecule has 3 aromatic rings. The van der Waals surface area contributed by atoms with Gasteiger partial charge in [0, 0.05) is 6.07 Å². The zero-order valence-corrected chi connectivity index (χ0v) is 19.3. The molecule has 192 valence electrons. The molecule has 1 aliphatic rings. The number of rotatable bonds is 8. The second kappa shape index (κ2) is 9.74. The smallest absolute Gasteiger partial charge is 0.336 e. The molecule has 1 saturated heterocycles. The molecular formula is C23H28O12. The summed E-state index contributed by atoms with van der Waals surface area (Å²) in [7, 11) is 1.41. The van der Waals surface area contributed by atoms with Crippen LogP contribution in [0.25, 0.3) is 21.9 Å². The van der Waals surface area contributed by atoms with Crippen molar-refractivity contribution in [3.05, 3.63) is 34.9 Å². The first-order valence-corrected chi connectivity index (χ1v) is 10.9. The number of aliphatic hydroxyl groups is 5. The van der Waals surface area contributed by atoms with Crippen LogP contribution in [0, 0.1) is 0 Å². The quantitative estimate of drug-likeness (QED) is 0.261. The van der Waals surface area contributed by atoms with Crippen LogP contribution >= 0.6 is 0 Å². The van der Waals surface area contributed by atoms with Crippen molar-refractivity contribution in [2.75, 3.05) is 20.3 Å². The maximum absolute atomic E-state index is 11.8. The summed E-state index contributed by atoms with van der Waals surface area (Å²) in [5.74, 6) is 0.493. The third-order valence-corrected chi connectivity index (χ3v) is 6.06. The molecule has 12 heteroatoms. The van der Waals surface area contributed by atoms with E-state index >= 15 is 0 Å². The van der Waals surface area contributed by atoms with E-state index in [1.165, 1.54) is 39.4 Å². The summed E-state index contributed by atoms with van der Waals surface area (Å²) in [6, 6.07) is 4.37. The fraction of sp³-hybridized carbons (Fsp3) is 0.522. The SMILES string of the molecule is COc1c2occc2c(OCC(O)C(C)(C)OC2OC(CO)C(O)C(O)C2O)c2ccc(=O)oc12. The van der Waals surface area contributed by atoms with Crippen molar-refractivity contribution in [3.63, 3.8) is 0 Å². The van der Waals surface area contributed by atoms with Crippen LogP contribution in [-0.4, -0.2) is 88.3 Å². The second-order valence-electron chi connectivity index (χ2n) is 8.77. The first-order chi connectivity index (χ1) is 16.6. The Morgan fingerprint density at radius 1 is 1.03 bits per heavy atom. The molecule has 0 radical (unpaired) electrons. The van der Waals surface area contributed by atoms with Crippen LogP contribution in [0.4, 0.5) is 0 Å². The molecule has 4 rings (SSSR count). The van der Waals surface area contributed by atoms with Gasteiger partial charge in [-0.2, -0.15) is 0 Å². The van der Waals surface area contributed by atoms with Gasteiger partial charge >= 0.3 is 5.63 Å². The summed E-state index contributed by atoms with van der Waals surface area (Å²) in [6.45, 7) is 2.12. The van der Waals surface area contributed by atoms with Crippen LogP contribution < -0.4 is 15.1 Å². The van der Waals surface area contributed by atoms with Crippen LogP contribution in [0.2, 0.25) is 0 Å². The summed E-state index contributed by atoms with van der Waals surface area (Å²) in [5, 5.41) is 51.3. The van der Waals surface area contributed by atoms with Crippen molar-refractivity contribution in [2.24, 2.45) is 0 Å². The van der Waals surface area contributed by atoms with Crippen molar-refractivity contribution in [1.29, 1.82) is 0 Å². The molecule has 35 heavy (non-hydrogen) atoms. The van der Waals surface area contributed by atoms with E-state index in [0.29, 0.717) is 10.8 Å². The minimum absolute atomic E-state index is 0.115. The predicted molar refractivity (Wildman–Crippen MR) is 119 cm³/mol. The lowest BCUT2D eigenvalue weighted by molar-refractivity contribution is -0.332. The van der Waals surface area contributed by atoms with E-state index in [1.54, 1.807) is 6.07 Å². The largest absolute Gasteiger partial charge is 0.490 e. The van der Waals surface area contributed by atoms with Gasteiger partial charge in [-0.15, -0.1) is 0 Å². The van der Waals surface area contributed by atoms with Crippen molar-refractivity contribution < 1.29 is 53.3 Å². The van der Waals surface area contributed by atoms with Gasteiger partial charge in [0.05, 0.1) is 36.4 Å². The average molecular weight is 496 g/mol. The minimum atomic E-state index is -1.63. The van der Waals surface area contributed by atoms with E-state index in [-0.39, 0.29) is 29.3 Å². The van der Waals surface area contributed by atoms with E-state index in [9.17, 15) is 30.3 Å². The molecule has 6 atom stereocenters. The molecule has 0 aliphatic carbocycles. The Hall–Kier alpha value is -2.71. The topological polar surface area (TPSA) is 181 Å². The zero-order valence-electron chi connectivity index (χ0n) is 19.3. The average Bonchev–Trinajstić information content (AvgIpc) is 3.31. The second-order valence-corrected chi connectivity index (χ2v) is 8.77. The van der Waals surface area contributed by atoms with E-state index in [4.69, 9.17) is 27.8 Å². The highest BCUT2D eigenvalue weighted by atomic mass is 16.7. The molecule has 6 unspecified atom stereocenters. The van der Waals surface area contributed by atoms with E-state index in [2.05, 4.69) is 0 Å². The Labute approximate surface area is 198 Å². The molecule has 1 aromatic carbocycles. The van der Waals surface area contributed by atoms with Crippen LogP contribution in [0.15, 0.2) is 38.1 Å². The molecule has 0 amide bonds. The molecule has 5 N–H and O–H groups in total. The third-order valence-electron chi connectivity index (χ3n) is 6.06. The molecule has 1 fully saturated rings. The third kappa shape index (κ3) is 4.61. The monoisotopic (exact) mass is 496 g/mol. The fourth-order valence-electron chi connectivity index (χ4n) is 3.92. The van der Waals surface area contributed by atoms with Gasteiger partial charge in [-0.1, -0.05) is 0 Å². The Balaban J connectivity index is 1.57. The van der Waals surface area contributed by atoms with Gasteiger partial charge in [-0.3, -0.25) is 0 Å². The highest BCUT2D eigenvalue weighted by molar-refractivity contribution is 6.06. The van der Waals surface area contributed by atoms with Crippen molar-refractivity contribution in [1.82, 2.24) is 0 Å². The molecule has 1 aliphatic heterocycles. The first kappa shape index (κ1) is 25.4. The lowest BCUT2D eigenvalue weighted by Gasteiger charge is -2.43. The van der Waals surface area contributed by atoms with Crippen molar-refractivity contribution in [3.8, 4) is 11.5 Å². The van der Waals surface area contributed by atoms with Gasteiger partial charge in [0.1, 0.15) is 42.9 Å². The zero-order chi connectivity index (χ0) is 25.5. The van der Waals surface area contributed by atoms with E-state index in [0.717, 1.165) is 0 Å². The van der Waals surface area contributed by atoms with Gasteiger partial charge in [0.2, 0.25) is 5.75 Å². The van der Waals surface area contributed by atoms with Crippen LogP contribution in [0.1, 0.15) is 13.8 Å². The maximum Gasteiger partial charge on any atom is 0.336 e. The number of hydrogen-bond donors (Lipinski definition) is 5. The number of aliphatic hydroxyl groups excluding tert-OH is 5. The molecular weight excluding hydrogens is 468 g/mol.